The number of para-hydroxylation sites is 1. The summed E-state index contributed by atoms with van der Waals surface area (Å²) in [4.78, 5) is 4.56. The second-order valence-electron chi connectivity index (χ2n) is 4.88. The van der Waals surface area contributed by atoms with Crippen LogP contribution in [0.4, 0.5) is 0 Å². The molecule has 1 N–H and O–H groups in total. The van der Waals surface area contributed by atoms with Gasteiger partial charge in [0.15, 0.2) is 0 Å². The average Bonchev–Trinajstić information content (AvgIpc) is 2.52. The molecule has 0 aliphatic heterocycles. The van der Waals surface area contributed by atoms with Gasteiger partial charge < -0.3 is 14.8 Å². The van der Waals surface area contributed by atoms with Gasteiger partial charge in [-0.25, -0.2) is 4.98 Å². The van der Waals surface area contributed by atoms with Gasteiger partial charge in [0, 0.05) is 24.6 Å². The monoisotopic (exact) mass is 288 g/mol. The van der Waals surface area contributed by atoms with Crippen molar-refractivity contribution in [2.45, 2.75) is 26.8 Å². The molecule has 0 aliphatic rings. The zero-order valence-corrected chi connectivity index (χ0v) is 12.9. The van der Waals surface area contributed by atoms with Crippen LogP contribution >= 0.6 is 0 Å². The largest absolute Gasteiger partial charge is 0.475 e. The second-order valence-corrected chi connectivity index (χ2v) is 4.88. The number of pyridine rings is 1. The van der Waals surface area contributed by atoms with Crippen LogP contribution in [-0.2, 0) is 11.3 Å². The van der Waals surface area contributed by atoms with E-state index in [1.54, 1.807) is 0 Å². The second kappa shape index (κ2) is 8.60. The number of ether oxygens (including phenoxy) is 2. The molecule has 0 radical (unpaired) electrons. The summed E-state index contributed by atoms with van der Waals surface area (Å²) >= 11 is 0. The van der Waals surface area contributed by atoms with Crippen LogP contribution in [0.1, 0.15) is 25.8 Å². The highest BCUT2D eigenvalue weighted by molar-refractivity contribution is 5.82. The van der Waals surface area contributed by atoms with Crippen molar-refractivity contribution in [2.75, 3.05) is 26.4 Å². The van der Waals surface area contributed by atoms with Crippen molar-refractivity contribution in [3.8, 4) is 5.88 Å². The highest BCUT2D eigenvalue weighted by Crippen LogP contribution is 2.22. The predicted octanol–water partition coefficient (Wildman–Crippen LogP) is 3.15. The molecule has 21 heavy (non-hydrogen) atoms. The Kier molecular flexibility index (Phi) is 6.44. The van der Waals surface area contributed by atoms with Gasteiger partial charge in [0.2, 0.25) is 5.88 Å². The van der Waals surface area contributed by atoms with Gasteiger partial charge in [-0.3, -0.25) is 0 Å². The lowest BCUT2D eigenvalue weighted by Crippen LogP contribution is -2.13. The van der Waals surface area contributed by atoms with E-state index in [1.165, 1.54) is 10.9 Å². The highest BCUT2D eigenvalue weighted by Gasteiger charge is 2.06. The van der Waals surface area contributed by atoms with E-state index < -0.39 is 0 Å². The fourth-order valence-corrected chi connectivity index (χ4v) is 2.15. The number of rotatable bonds is 9. The SMILES string of the molecule is CCCOCCOc1cc(CNCC)c2ccccc2n1. The molecule has 1 aromatic carbocycles. The number of nitrogens with one attached hydrogen (secondary N) is 1. The first-order chi connectivity index (χ1) is 10.3. The van der Waals surface area contributed by atoms with Crippen molar-refractivity contribution in [2.24, 2.45) is 0 Å². The summed E-state index contributed by atoms with van der Waals surface area (Å²) in [6.45, 7) is 7.88. The molecule has 0 atom stereocenters. The summed E-state index contributed by atoms with van der Waals surface area (Å²) in [5, 5.41) is 4.53. The fourth-order valence-electron chi connectivity index (χ4n) is 2.15. The summed E-state index contributed by atoms with van der Waals surface area (Å²) in [5.41, 5.74) is 2.18. The Morgan fingerprint density at radius 3 is 2.76 bits per heavy atom. The zero-order chi connectivity index (χ0) is 14.9. The van der Waals surface area contributed by atoms with Crippen LogP contribution in [0, 0.1) is 0 Å². The van der Waals surface area contributed by atoms with E-state index in [0.29, 0.717) is 19.1 Å². The minimum atomic E-state index is 0.534. The zero-order valence-electron chi connectivity index (χ0n) is 12.9. The Balaban J connectivity index is 2.08. The number of hydrogen-bond acceptors (Lipinski definition) is 4. The molecule has 4 heteroatoms. The quantitative estimate of drug-likeness (QED) is 0.720. The van der Waals surface area contributed by atoms with E-state index in [1.807, 2.05) is 24.3 Å². The number of nitrogens with zero attached hydrogens (tertiary/aromatic N) is 1. The predicted molar refractivity (Wildman–Crippen MR) is 85.7 cm³/mol. The molecule has 1 aromatic heterocycles. The van der Waals surface area contributed by atoms with E-state index in [9.17, 15) is 0 Å². The first-order valence-electron chi connectivity index (χ1n) is 7.65. The molecule has 0 spiro atoms. The molecule has 0 bridgehead atoms. The first-order valence-corrected chi connectivity index (χ1v) is 7.65. The number of aromatic nitrogens is 1. The van der Waals surface area contributed by atoms with Crippen LogP contribution in [0.25, 0.3) is 10.9 Å². The third-order valence-corrected chi connectivity index (χ3v) is 3.17. The molecule has 0 aliphatic carbocycles. The normalized spacial score (nSPS) is 11.0. The smallest absolute Gasteiger partial charge is 0.214 e. The van der Waals surface area contributed by atoms with Crippen LogP contribution in [0.15, 0.2) is 30.3 Å². The highest BCUT2D eigenvalue weighted by atomic mass is 16.5. The molecule has 114 valence electrons. The van der Waals surface area contributed by atoms with E-state index in [-0.39, 0.29) is 0 Å². The van der Waals surface area contributed by atoms with E-state index >= 15 is 0 Å². The number of benzene rings is 1. The van der Waals surface area contributed by atoms with Gasteiger partial charge in [0.1, 0.15) is 6.61 Å². The Hall–Kier alpha value is -1.65. The van der Waals surface area contributed by atoms with Crippen LogP contribution in [-0.4, -0.2) is 31.3 Å². The lowest BCUT2D eigenvalue weighted by atomic mass is 10.1. The summed E-state index contributed by atoms with van der Waals surface area (Å²) in [5.74, 6) is 0.668. The summed E-state index contributed by atoms with van der Waals surface area (Å²) in [6.07, 6.45) is 1.03. The third-order valence-electron chi connectivity index (χ3n) is 3.17. The lowest BCUT2D eigenvalue weighted by Gasteiger charge is -2.11. The molecule has 2 aromatic rings. The molecular weight excluding hydrogens is 264 g/mol. The van der Waals surface area contributed by atoms with Crippen molar-refractivity contribution in [3.63, 3.8) is 0 Å². The summed E-state index contributed by atoms with van der Waals surface area (Å²) in [6, 6.07) is 10.2. The number of hydrogen-bond donors (Lipinski definition) is 1. The van der Waals surface area contributed by atoms with E-state index in [4.69, 9.17) is 9.47 Å². The van der Waals surface area contributed by atoms with Gasteiger partial charge in [0.05, 0.1) is 12.1 Å². The Bertz CT molecular complexity index is 557. The fraction of sp³-hybridized carbons (Fsp3) is 0.471. The maximum atomic E-state index is 5.72. The Morgan fingerprint density at radius 2 is 1.95 bits per heavy atom. The molecule has 0 amide bonds. The Morgan fingerprint density at radius 1 is 1.10 bits per heavy atom. The van der Waals surface area contributed by atoms with Gasteiger partial charge in [-0.05, 0) is 24.6 Å². The minimum Gasteiger partial charge on any atom is -0.475 e. The molecule has 4 nitrogen and oxygen atoms in total. The van der Waals surface area contributed by atoms with Crippen LogP contribution < -0.4 is 10.1 Å². The molecular formula is C17H24N2O2. The molecule has 0 saturated carbocycles. The van der Waals surface area contributed by atoms with Gasteiger partial charge in [-0.15, -0.1) is 0 Å². The first kappa shape index (κ1) is 15.7. The Labute approximate surface area is 126 Å². The van der Waals surface area contributed by atoms with Gasteiger partial charge in [-0.2, -0.15) is 0 Å². The van der Waals surface area contributed by atoms with Gasteiger partial charge in [0.25, 0.3) is 0 Å². The van der Waals surface area contributed by atoms with Crippen molar-refractivity contribution in [1.82, 2.24) is 10.3 Å². The molecule has 2 rings (SSSR count). The van der Waals surface area contributed by atoms with Gasteiger partial charge >= 0.3 is 0 Å². The average molecular weight is 288 g/mol. The van der Waals surface area contributed by atoms with E-state index in [0.717, 1.165) is 31.6 Å². The van der Waals surface area contributed by atoms with Gasteiger partial charge in [-0.1, -0.05) is 32.0 Å². The summed E-state index contributed by atoms with van der Waals surface area (Å²) in [7, 11) is 0. The minimum absolute atomic E-state index is 0.534. The molecule has 0 fully saturated rings. The van der Waals surface area contributed by atoms with Crippen molar-refractivity contribution in [1.29, 1.82) is 0 Å². The topological polar surface area (TPSA) is 43.4 Å². The maximum absolute atomic E-state index is 5.72. The number of fused-ring (bicyclic) bond motifs is 1. The molecule has 0 unspecified atom stereocenters. The molecule has 0 saturated heterocycles. The van der Waals surface area contributed by atoms with Crippen molar-refractivity contribution < 1.29 is 9.47 Å². The molecule has 1 heterocycles. The van der Waals surface area contributed by atoms with E-state index in [2.05, 4.69) is 30.2 Å². The van der Waals surface area contributed by atoms with Crippen LogP contribution in [0.3, 0.4) is 0 Å². The third kappa shape index (κ3) is 4.69. The van der Waals surface area contributed by atoms with Crippen molar-refractivity contribution in [3.05, 3.63) is 35.9 Å². The van der Waals surface area contributed by atoms with Crippen LogP contribution in [0.2, 0.25) is 0 Å². The van der Waals surface area contributed by atoms with Crippen molar-refractivity contribution >= 4 is 10.9 Å². The maximum Gasteiger partial charge on any atom is 0.214 e. The summed E-state index contributed by atoms with van der Waals surface area (Å²) < 4.78 is 11.1. The lowest BCUT2D eigenvalue weighted by molar-refractivity contribution is 0.0991. The van der Waals surface area contributed by atoms with Crippen LogP contribution in [0.5, 0.6) is 5.88 Å². The standard InChI is InChI=1S/C17H24N2O2/c1-3-9-20-10-11-21-17-12-14(13-18-4-2)15-7-5-6-8-16(15)19-17/h5-8,12,18H,3-4,9-11,13H2,1-2H3.